The molecular weight excluding hydrogens is 472 g/mol. The molecule has 4 aromatic rings. The molecule has 4 rings (SSSR count). The molecule has 0 amide bonds. The van der Waals surface area contributed by atoms with Crippen LogP contribution in [0, 0.1) is 13.8 Å². The van der Waals surface area contributed by atoms with Crippen molar-refractivity contribution < 1.29 is 17.9 Å². The number of aryl methyl sites for hydroxylation is 2. The van der Waals surface area contributed by atoms with Crippen LogP contribution in [0.2, 0.25) is 0 Å². The van der Waals surface area contributed by atoms with E-state index in [0.717, 1.165) is 21.4 Å². The highest BCUT2D eigenvalue weighted by atomic mass is 32.2. The van der Waals surface area contributed by atoms with E-state index in [2.05, 4.69) is 9.72 Å². The van der Waals surface area contributed by atoms with Gasteiger partial charge in [-0.15, -0.1) is 11.3 Å². The summed E-state index contributed by atoms with van der Waals surface area (Å²) in [5.41, 5.74) is 3.13. The Hall–Kier alpha value is -3.27. The Balaban J connectivity index is 1.74. The summed E-state index contributed by atoms with van der Waals surface area (Å²) in [6, 6.07) is 14.9. The predicted octanol–water partition coefficient (Wildman–Crippen LogP) is 4.38. The van der Waals surface area contributed by atoms with Gasteiger partial charge in [-0.3, -0.25) is 4.79 Å². The number of rotatable bonds is 7. The molecule has 0 bridgehead atoms. The zero-order chi connectivity index (χ0) is 24.5. The van der Waals surface area contributed by atoms with Crippen molar-refractivity contribution in [2.45, 2.75) is 31.8 Å². The number of aromatic amines is 1. The van der Waals surface area contributed by atoms with Crippen molar-refractivity contribution in [1.29, 1.82) is 0 Å². The average Bonchev–Trinajstić information content (AvgIpc) is 3.33. The first-order chi connectivity index (χ1) is 16.2. The molecule has 0 atom stereocenters. The van der Waals surface area contributed by atoms with Crippen LogP contribution < -0.4 is 5.56 Å². The number of pyridine rings is 1. The van der Waals surface area contributed by atoms with Crippen molar-refractivity contribution in [3.63, 3.8) is 0 Å². The fourth-order valence-electron chi connectivity index (χ4n) is 3.66. The number of hydrogen-bond acceptors (Lipinski definition) is 6. The summed E-state index contributed by atoms with van der Waals surface area (Å²) in [5.74, 6) is -0.549. The van der Waals surface area contributed by atoms with E-state index >= 15 is 0 Å². The molecule has 34 heavy (non-hydrogen) atoms. The number of ether oxygens (including phenoxy) is 1. The molecule has 2 heterocycles. The monoisotopic (exact) mass is 496 g/mol. The summed E-state index contributed by atoms with van der Waals surface area (Å²) in [6.07, 6.45) is 0. The van der Waals surface area contributed by atoms with Gasteiger partial charge in [0, 0.05) is 29.0 Å². The molecular formula is C25H24N2O5S2. The van der Waals surface area contributed by atoms with Gasteiger partial charge < -0.3 is 9.72 Å². The van der Waals surface area contributed by atoms with Gasteiger partial charge in [-0.25, -0.2) is 13.2 Å². The van der Waals surface area contributed by atoms with E-state index in [9.17, 15) is 18.0 Å². The standard InChI is InChI=1S/C25H24N2O5S2/c1-16-11-19-13-20(24(28)26-23(19)12-17(16)2)14-27(15-21-5-4-10-33-21)34(30,31)22-8-6-18(7-9-22)25(29)32-3/h4-13H,14-15H2,1-3H3,(H,26,28). The number of methoxy groups -OCH3 is 1. The minimum atomic E-state index is -3.97. The third-order valence-corrected chi connectivity index (χ3v) is 8.37. The number of carbonyl (C=O) groups excluding carboxylic acids is 1. The number of nitrogens with zero attached hydrogens (tertiary/aromatic N) is 1. The van der Waals surface area contributed by atoms with Gasteiger partial charge in [0.1, 0.15) is 0 Å². The van der Waals surface area contributed by atoms with Crippen molar-refractivity contribution in [2.24, 2.45) is 0 Å². The summed E-state index contributed by atoms with van der Waals surface area (Å²) in [4.78, 5) is 28.3. The number of benzene rings is 2. The highest BCUT2D eigenvalue weighted by Gasteiger charge is 2.27. The number of nitrogens with one attached hydrogen (secondary N) is 1. The Morgan fingerprint density at radius 3 is 2.38 bits per heavy atom. The van der Waals surface area contributed by atoms with Crippen molar-refractivity contribution in [3.05, 3.63) is 97.5 Å². The largest absolute Gasteiger partial charge is 0.465 e. The smallest absolute Gasteiger partial charge is 0.337 e. The molecule has 0 spiro atoms. The van der Waals surface area contributed by atoms with E-state index in [-0.39, 0.29) is 29.1 Å². The number of thiophene rings is 1. The van der Waals surface area contributed by atoms with E-state index in [1.54, 1.807) is 6.07 Å². The second-order valence-electron chi connectivity index (χ2n) is 8.02. The van der Waals surface area contributed by atoms with Gasteiger partial charge in [0.25, 0.3) is 5.56 Å². The topological polar surface area (TPSA) is 96.5 Å². The lowest BCUT2D eigenvalue weighted by Gasteiger charge is -2.22. The van der Waals surface area contributed by atoms with Gasteiger partial charge >= 0.3 is 5.97 Å². The highest BCUT2D eigenvalue weighted by Crippen LogP contribution is 2.24. The fraction of sp³-hybridized carbons (Fsp3) is 0.200. The fourth-order valence-corrected chi connectivity index (χ4v) is 5.86. The van der Waals surface area contributed by atoms with Gasteiger partial charge in [0.2, 0.25) is 10.0 Å². The lowest BCUT2D eigenvalue weighted by molar-refractivity contribution is 0.0600. The SMILES string of the molecule is COC(=O)c1ccc(S(=O)(=O)N(Cc2cccs2)Cc2cc3cc(C)c(C)cc3[nH]c2=O)cc1. The molecule has 0 aliphatic heterocycles. The number of H-pyrrole nitrogens is 1. The van der Waals surface area contributed by atoms with E-state index in [4.69, 9.17) is 0 Å². The van der Waals surface area contributed by atoms with Crippen LogP contribution in [0.3, 0.4) is 0 Å². The minimum absolute atomic E-state index is 0.0281. The lowest BCUT2D eigenvalue weighted by Crippen LogP contribution is -2.32. The minimum Gasteiger partial charge on any atom is -0.465 e. The molecule has 0 fully saturated rings. The Morgan fingerprint density at radius 2 is 1.74 bits per heavy atom. The molecule has 0 aliphatic carbocycles. The van der Waals surface area contributed by atoms with Gasteiger partial charge in [-0.05, 0) is 84.3 Å². The van der Waals surface area contributed by atoms with Crippen LogP contribution in [0.15, 0.2) is 69.7 Å². The van der Waals surface area contributed by atoms with E-state index < -0.39 is 16.0 Å². The Kier molecular flexibility index (Phi) is 6.70. The van der Waals surface area contributed by atoms with Crippen molar-refractivity contribution in [1.82, 2.24) is 9.29 Å². The molecule has 0 aliphatic rings. The number of hydrogen-bond donors (Lipinski definition) is 1. The average molecular weight is 497 g/mol. The number of aromatic nitrogens is 1. The Bertz CT molecular complexity index is 1510. The van der Waals surface area contributed by atoms with Crippen LogP contribution in [-0.2, 0) is 27.8 Å². The maximum absolute atomic E-state index is 13.6. The molecule has 0 unspecified atom stereocenters. The van der Waals surface area contributed by atoms with E-state index in [1.807, 2.05) is 43.5 Å². The van der Waals surface area contributed by atoms with E-state index in [1.165, 1.54) is 47.0 Å². The summed E-state index contributed by atoms with van der Waals surface area (Å²) >= 11 is 1.44. The van der Waals surface area contributed by atoms with Gasteiger partial charge in [0.15, 0.2) is 0 Å². The molecule has 2 aromatic heterocycles. The molecule has 1 N–H and O–H groups in total. The molecule has 0 radical (unpaired) electrons. The summed E-state index contributed by atoms with van der Waals surface area (Å²) in [5, 5.41) is 2.72. The molecule has 9 heteroatoms. The third kappa shape index (κ3) is 4.82. The molecule has 176 valence electrons. The van der Waals surface area contributed by atoms with Crippen LogP contribution >= 0.6 is 11.3 Å². The van der Waals surface area contributed by atoms with Crippen LogP contribution in [0.5, 0.6) is 0 Å². The first kappa shape index (κ1) is 23.9. The lowest BCUT2D eigenvalue weighted by atomic mass is 10.1. The normalized spacial score (nSPS) is 11.8. The van der Waals surface area contributed by atoms with Gasteiger partial charge in [0.05, 0.1) is 17.6 Å². The summed E-state index contributed by atoms with van der Waals surface area (Å²) in [6.45, 7) is 3.98. The van der Waals surface area contributed by atoms with Crippen LogP contribution in [0.4, 0.5) is 0 Å². The van der Waals surface area contributed by atoms with Gasteiger partial charge in [-0.2, -0.15) is 4.31 Å². The Morgan fingerprint density at radius 1 is 1.03 bits per heavy atom. The van der Waals surface area contributed by atoms with Crippen LogP contribution in [-0.4, -0.2) is 30.8 Å². The second kappa shape index (κ2) is 9.54. The predicted molar refractivity (Wildman–Crippen MR) is 133 cm³/mol. The molecule has 2 aromatic carbocycles. The summed E-state index contributed by atoms with van der Waals surface area (Å²) in [7, 11) is -2.71. The zero-order valence-corrected chi connectivity index (χ0v) is 20.6. The van der Waals surface area contributed by atoms with Crippen LogP contribution in [0.25, 0.3) is 10.9 Å². The number of fused-ring (bicyclic) bond motifs is 1. The number of sulfonamides is 1. The first-order valence-corrected chi connectivity index (χ1v) is 12.8. The van der Waals surface area contributed by atoms with Crippen molar-refractivity contribution in [2.75, 3.05) is 7.11 Å². The van der Waals surface area contributed by atoms with E-state index in [0.29, 0.717) is 11.1 Å². The zero-order valence-electron chi connectivity index (χ0n) is 19.0. The molecule has 0 saturated heterocycles. The number of carbonyl (C=O) groups is 1. The van der Waals surface area contributed by atoms with Crippen molar-refractivity contribution in [3.8, 4) is 0 Å². The first-order valence-electron chi connectivity index (χ1n) is 10.5. The highest BCUT2D eigenvalue weighted by molar-refractivity contribution is 7.89. The maximum Gasteiger partial charge on any atom is 0.337 e. The van der Waals surface area contributed by atoms with Crippen LogP contribution in [0.1, 0.15) is 31.9 Å². The van der Waals surface area contributed by atoms with Gasteiger partial charge in [-0.1, -0.05) is 6.07 Å². The Labute approximate surface area is 201 Å². The quantitative estimate of drug-likeness (QED) is 0.383. The maximum atomic E-state index is 13.6. The van der Waals surface area contributed by atoms with Crippen molar-refractivity contribution >= 4 is 38.2 Å². The molecule has 7 nitrogen and oxygen atoms in total. The number of esters is 1. The third-order valence-electron chi connectivity index (χ3n) is 5.71. The second-order valence-corrected chi connectivity index (χ2v) is 11.0. The summed E-state index contributed by atoms with van der Waals surface area (Å²) < 4.78 is 33.1. The molecule has 0 saturated carbocycles.